The van der Waals surface area contributed by atoms with Crippen molar-refractivity contribution in [1.29, 1.82) is 0 Å². The normalized spacial score (nSPS) is 19.3. The van der Waals surface area contributed by atoms with Crippen molar-refractivity contribution < 1.29 is 38.7 Å². The molecule has 33 heavy (non-hydrogen) atoms. The number of nitrogens with zero attached hydrogens (tertiary/aromatic N) is 2. The summed E-state index contributed by atoms with van der Waals surface area (Å²) in [5.41, 5.74) is 0.305. The number of amides is 1. The Hall–Kier alpha value is -2.29. The van der Waals surface area contributed by atoms with Gasteiger partial charge in [0.15, 0.2) is 0 Å². The lowest BCUT2D eigenvalue weighted by atomic mass is 9.92. The highest BCUT2D eigenvalue weighted by atomic mass is 33.1. The molecule has 0 aromatic heterocycles. The monoisotopic (exact) mass is 518 g/mol. The maximum atomic E-state index is 12.7. The van der Waals surface area contributed by atoms with Crippen LogP contribution in [0, 0.1) is 16.0 Å². The van der Waals surface area contributed by atoms with Gasteiger partial charge in [-0.2, -0.15) is 0 Å². The minimum Gasteiger partial charge on any atom is -0.462 e. The van der Waals surface area contributed by atoms with Crippen molar-refractivity contribution >= 4 is 61.3 Å². The summed E-state index contributed by atoms with van der Waals surface area (Å²) < 4.78 is 9.76. The first-order valence-electron chi connectivity index (χ1n) is 9.64. The lowest BCUT2D eigenvalue weighted by Gasteiger charge is -2.48. The van der Waals surface area contributed by atoms with Crippen LogP contribution in [0.3, 0.4) is 0 Å². The second kappa shape index (κ2) is 12.3. The number of likely N-dealkylation sites (tertiary alicyclic amines) is 1. The highest BCUT2D eigenvalue weighted by Gasteiger charge is 2.56. The average Bonchev–Trinajstić information content (AvgIpc) is 2.75. The van der Waals surface area contributed by atoms with Crippen LogP contribution in [0.2, 0.25) is 0 Å². The highest BCUT2D eigenvalue weighted by molar-refractivity contribution is 8.85. The van der Waals surface area contributed by atoms with Gasteiger partial charge in [0.2, 0.25) is 12.1 Å². The highest BCUT2D eigenvalue weighted by Crippen LogP contribution is 2.43. The van der Waals surface area contributed by atoms with Gasteiger partial charge in [-0.25, -0.2) is 4.79 Å². The summed E-state index contributed by atoms with van der Waals surface area (Å²) in [6.07, 6.45) is -2.85. The summed E-state index contributed by atoms with van der Waals surface area (Å²) in [6, 6.07) is 5.26. The van der Waals surface area contributed by atoms with Crippen LogP contribution in [-0.4, -0.2) is 60.7 Å². The van der Waals surface area contributed by atoms with Crippen molar-refractivity contribution in [3.63, 3.8) is 0 Å². The van der Waals surface area contributed by atoms with E-state index in [-0.39, 0.29) is 16.7 Å². The Bertz CT molecular complexity index is 912. The van der Waals surface area contributed by atoms with Gasteiger partial charge in [0.1, 0.15) is 24.0 Å². The molecule has 1 aromatic rings. The molecule has 1 aliphatic heterocycles. The van der Waals surface area contributed by atoms with Crippen molar-refractivity contribution in [3.8, 4) is 0 Å². The Morgan fingerprint density at radius 3 is 2.45 bits per heavy atom. The molecule has 1 amide bonds. The Balaban J connectivity index is 2.07. The van der Waals surface area contributed by atoms with E-state index in [1.165, 1.54) is 48.9 Å². The van der Waals surface area contributed by atoms with Gasteiger partial charge in [-0.3, -0.25) is 29.4 Å². The quantitative estimate of drug-likeness (QED) is 0.159. The third kappa shape index (κ3) is 7.09. The number of rotatable bonds is 10. The molecule has 0 saturated carbocycles. The number of β-lactam (4-membered cyclic amide) rings is 1. The number of hydrogen-bond acceptors (Lipinski definition) is 12. The Kier molecular flexibility index (Phi) is 10.0. The predicted octanol–water partition coefficient (Wildman–Crippen LogP) is 2.95. The summed E-state index contributed by atoms with van der Waals surface area (Å²) in [6.45, 7) is 4.25. The largest absolute Gasteiger partial charge is 0.462 e. The zero-order chi connectivity index (χ0) is 24.7. The number of nitro groups is 1. The van der Waals surface area contributed by atoms with E-state index < -0.39 is 46.4 Å². The van der Waals surface area contributed by atoms with E-state index >= 15 is 0 Å². The second-order valence-corrected chi connectivity index (χ2v) is 10.6. The maximum Gasteiger partial charge on any atom is 0.356 e. The predicted molar refractivity (Wildman–Crippen MR) is 123 cm³/mol. The molecule has 0 spiro atoms. The van der Waals surface area contributed by atoms with Gasteiger partial charge in [0.05, 0.1) is 4.92 Å². The fourth-order valence-corrected chi connectivity index (χ4v) is 6.06. The molecule has 1 heterocycles. The fraction of sp³-hybridized carbons (Fsp3) is 0.474. The smallest absolute Gasteiger partial charge is 0.356 e. The zero-order valence-electron chi connectivity index (χ0n) is 17.9. The van der Waals surface area contributed by atoms with Crippen LogP contribution in [0.25, 0.3) is 0 Å². The summed E-state index contributed by atoms with van der Waals surface area (Å²) in [4.78, 5) is 59.5. The number of esters is 2. The number of nitro benzene ring substituents is 1. The second-order valence-electron chi connectivity index (χ2n) is 6.74. The van der Waals surface area contributed by atoms with Crippen LogP contribution in [0.15, 0.2) is 24.3 Å². The van der Waals surface area contributed by atoms with E-state index in [0.717, 1.165) is 27.5 Å². The number of aliphatic hydroxyl groups excluding tert-OH is 1. The molecular formula is C19H22N2O9S3. The van der Waals surface area contributed by atoms with Crippen LogP contribution < -0.4 is 0 Å². The first kappa shape index (κ1) is 27.0. The SMILES string of the molecule is CCSSC(=O)SC1C(C(C)OC(C)=O)C(=O)N1C(O)C(=O)OCc1ccc([N+](=O)[O-])cc1. The van der Waals surface area contributed by atoms with Gasteiger partial charge in [0.25, 0.3) is 10.1 Å². The van der Waals surface area contributed by atoms with Crippen LogP contribution in [0.5, 0.6) is 0 Å². The molecular weight excluding hydrogens is 496 g/mol. The number of carbonyl (C=O) groups is 4. The summed E-state index contributed by atoms with van der Waals surface area (Å²) in [7, 11) is 2.26. The molecule has 180 valence electrons. The standard InChI is InChI=1S/C19H22N2O9S3/c1-4-31-33-19(26)32-17-14(10(2)30-11(3)22)15(23)20(17)16(24)18(25)29-9-12-5-7-13(8-6-12)21(27)28/h5-8,10,14,16-17,24H,4,9H2,1-3H3. The van der Waals surface area contributed by atoms with E-state index in [1.54, 1.807) is 0 Å². The minimum absolute atomic E-state index is 0.132. The van der Waals surface area contributed by atoms with E-state index in [4.69, 9.17) is 9.47 Å². The molecule has 1 aromatic carbocycles. The first-order chi connectivity index (χ1) is 15.6. The number of benzene rings is 1. The summed E-state index contributed by atoms with van der Waals surface area (Å²) in [5, 5.41) is 20.2. The van der Waals surface area contributed by atoms with Crippen molar-refractivity contribution in [3.05, 3.63) is 39.9 Å². The van der Waals surface area contributed by atoms with Gasteiger partial charge in [-0.15, -0.1) is 0 Å². The molecule has 2 rings (SSSR count). The van der Waals surface area contributed by atoms with Crippen LogP contribution in [0.4, 0.5) is 10.5 Å². The molecule has 0 radical (unpaired) electrons. The summed E-state index contributed by atoms with van der Waals surface area (Å²) >= 11 is 0.752. The maximum absolute atomic E-state index is 12.7. The van der Waals surface area contributed by atoms with Gasteiger partial charge in [-0.1, -0.05) is 17.7 Å². The lowest BCUT2D eigenvalue weighted by molar-refractivity contribution is -0.384. The lowest BCUT2D eigenvalue weighted by Crippen LogP contribution is -2.68. The minimum atomic E-state index is -1.98. The molecule has 1 saturated heterocycles. The van der Waals surface area contributed by atoms with Crippen molar-refractivity contribution in [1.82, 2.24) is 4.90 Å². The number of carbonyl (C=O) groups excluding carboxylic acids is 4. The van der Waals surface area contributed by atoms with E-state index in [0.29, 0.717) is 11.3 Å². The molecule has 4 atom stereocenters. The van der Waals surface area contributed by atoms with E-state index in [1.807, 2.05) is 6.92 Å². The zero-order valence-corrected chi connectivity index (χ0v) is 20.3. The topological polar surface area (TPSA) is 153 Å². The number of thioether (sulfide) groups is 1. The van der Waals surface area contributed by atoms with Crippen LogP contribution in [-0.2, 0) is 30.5 Å². The number of aliphatic hydroxyl groups is 1. The molecule has 0 aliphatic carbocycles. The number of hydrogen-bond donors (Lipinski definition) is 1. The van der Waals surface area contributed by atoms with Crippen LogP contribution >= 0.6 is 33.3 Å². The molecule has 1 N–H and O–H groups in total. The van der Waals surface area contributed by atoms with Gasteiger partial charge >= 0.3 is 11.9 Å². The van der Waals surface area contributed by atoms with E-state index in [9.17, 15) is 34.4 Å². The third-order valence-electron chi connectivity index (χ3n) is 4.44. The van der Waals surface area contributed by atoms with Crippen molar-refractivity contribution in [2.45, 2.75) is 45.1 Å². The molecule has 1 aliphatic rings. The molecule has 11 nitrogen and oxygen atoms in total. The van der Waals surface area contributed by atoms with Gasteiger partial charge < -0.3 is 14.6 Å². The Morgan fingerprint density at radius 2 is 1.91 bits per heavy atom. The van der Waals surface area contributed by atoms with Gasteiger partial charge in [0, 0.05) is 24.8 Å². The molecule has 1 fully saturated rings. The molecule has 0 bridgehead atoms. The number of ether oxygens (including phenoxy) is 2. The Labute approximate surface area is 201 Å². The fourth-order valence-electron chi connectivity index (χ4n) is 2.95. The van der Waals surface area contributed by atoms with E-state index in [2.05, 4.69) is 0 Å². The molecule has 4 unspecified atom stereocenters. The first-order valence-corrected chi connectivity index (χ1v) is 12.8. The number of non-ortho nitro benzene ring substituents is 1. The van der Waals surface area contributed by atoms with Crippen molar-refractivity contribution in [2.24, 2.45) is 5.92 Å². The van der Waals surface area contributed by atoms with Crippen LogP contribution in [0.1, 0.15) is 26.3 Å². The van der Waals surface area contributed by atoms with Gasteiger partial charge in [-0.05, 0) is 47.2 Å². The Morgan fingerprint density at radius 1 is 1.27 bits per heavy atom. The third-order valence-corrected chi connectivity index (χ3v) is 8.26. The average molecular weight is 519 g/mol. The molecule has 14 heteroatoms. The summed E-state index contributed by atoms with van der Waals surface area (Å²) in [5.74, 6) is -2.65. The van der Waals surface area contributed by atoms with Crippen molar-refractivity contribution in [2.75, 3.05) is 5.75 Å².